The lowest BCUT2D eigenvalue weighted by atomic mass is 9.89. The van der Waals surface area contributed by atoms with Gasteiger partial charge in [0.2, 0.25) is 0 Å². The SMILES string of the molecule is CSc1cc(NC(=O)C(C)(C)O)ccc1C1CCN(C(=O)OCc2ccccc2)CC1. The molecule has 0 bridgehead atoms. The number of aliphatic hydroxyl groups is 1. The molecule has 1 aliphatic rings. The summed E-state index contributed by atoms with van der Waals surface area (Å²) in [6.45, 7) is 4.52. The van der Waals surface area contributed by atoms with Gasteiger partial charge < -0.3 is 20.1 Å². The van der Waals surface area contributed by atoms with Crippen LogP contribution in [0.15, 0.2) is 53.4 Å². The maximum Gasteiger partial charge on any atom is 0.410 e. The lowest BCUT2D eigenvalue weighted by Gasteiger charge is -2.32. The minimum Gasteiger partial charge on any atom is -0.445 e. The van der Waals surface area contributed by atoms with E-state index in [9.17, 15) is 14.7 Å². The maximum atomic E-state index is 12.4. The number of piperidine rings is 1. The van der Waals surface area contributed by atoms with Crippen molar-refractivity contribution >= 4 is 29.4 Å². The average Bonchev–Trinajstić information content (AvgIpc) is 2.77. The summed E-state index contributed by atoms with van der Waals surface area (Å²) in [5, 5.41) is 12.6. The van der Waals surface area contributed by atoms with Crippen LogP contribution in [-0.2, 0) is 16.1 Å². The molecule has 0 unspecified atom stereocenters. The normalized spacial score (nSPS) is 14.9. The van der Waals surface area contributed by atoms with Gasteiger partial charge >= 0.3 is 6.09 Å². The highest BCUT2D eigenvalue weighted by Crippen LogP contribution is 2.36. The molecular formula is C24H30N2O4S. The van der Waals surface area contributed by atoms with Crippen LogP contribution in [0.2, 0.25) is 0 Å². The van der Waals surface area contributed by atoms with Crippen molar-refractivity contribution in [3.05, 3.63) is 59.7 Å². The van der Waals surface area contributed by atoms with Crippen molar-refractivity contribution in [1.29, 1.82) is 0 Å². The van der Waals surface area contributed by atoms with Crippen LogP contribution in [0.3, 0.4) is 0 Å². The molecule has 2 amide bonds. The molecule has 1 saturated heterocycles. The Morgan fingerprint density at radius 3 is 2.45 bits per heavy atom. The first-order valence-electron chi connectivity index (χ1n) is 10.5. The van der Waals surface area contributed by atoms with Crippen LogP contribution in [0.4, 0.5) is 10.5 Å². The number of nitrogens with one attached hydrogen (secondary N) is 1. The van der Waals surface area contributed by atoms with Gasteiger partial charge in [-0.3, -0.25) is 4.79 Å². The van der Waals surface area contributed by atoms with E-state index in [-0.39, 0.29) is 12.7 Å². The van der Waals surface area contributed by atoms with E-state index in [1.807, 2.05) is 54.8 Å². The Kier molecular flexibility index (Phi) is 7.62. The van der Waals surface area contributed by atoms with E-state index in [1.165, 1.54) is 19.4 Å². The predicted octanol–water partition coefficient (Wildman–Crippen LogP) is 4.63. The quantitative estimate of drug-likeness (QED) is 0.638. The van der Waals surface area contributed by atoms with E-state index in [1.54, 1.807) is 16.7 Å². The van der Waals surface area contributed by atoms with Crippen molar-refractivity contribution in [2.45, 2.75) is 49.7 Å². The largest absolute Gasteiger partial charge is 0.445 e. The van der Waals surface area contributed by atoms with Gasteiger partial charge in [0.05, 0.1) is 0 Å². The molecular weight excluding hydrogens is 412 g/mol. The number of carbonyl (C=O) groups excluding carboxylic acids is 2. The molecule has 31 heavy (non-hydrogen) atoms. The number of rotatable bonds is 6. The Morgan fingerprint density at radius 1 is 1.16 bits per heavy atom. The van der Waals surface area contributed by atoms with Crippen LogP contribution in [0.5, 0.6) is 0 Å². The lowest BCUT2D eigenvalue weighted by molar-refractivity contribution is -0.130. The molecule has 7 heteroatoms. The molecule has 0 atom stereocenters. The molecule has 0 radical (unpaired) electrons. The molecule has 166 valence electrons. The number of nitrogens with zero attached hydrogens (tertiary/aromatic N) is 1. The molecule has 0 saturated carbocycles. The highest BCUT2D eigenvalue weighted by Gasteiger charge is 2.27. The fraction of sp³-hybridized carbons (Fsp3) is 0.417. The Morgan fingerprint density at radius 2 is 1.84 bits per heavy atom. The number of hydrogen-bond donors (Lipinski definition) is 2. The van der Waals surface area contributed by atoms with Gasteiger partial charge in [0.1, 0.15) is 12.2 Å². The van der Waals surface area contributed by atoms with Crippen molar-refractivity contribution < 1.29 is 19.4 Å². The first kappa shape index (κ1) is 23.2. The lowest BCUT2D eigenvalue weighted by Crippen LogP contribution is -2.38. The molecule has 0 aliphatic carbocycles. The van der Waals surface area contributed by atoms with Gasteiger partial charge in [0.15, 0.2) is 0 Å². The number of likely N-dealkylation sites (tertiary alicyclic amines) is 1. The number of benzene rings is 2. The van der Waals surface area contributed by atoms with Gasteiger partial charge in [0.25, 0.3) is 5.91 Å². The van der Waals surface area contributed by atoms with Crippen molar-refractivity contribution in [2.24, 2.45) is 0 Å². The third kappa shape index (κ3) is 6.24. The summed E-state index contributed by atoms with van der Waals surface area (Å²) in [4.78, 5) is 27.3. The first-order chi connectivity index (χ1) is 14.8. The minimum absolute atomic E-state index is 0.267. The first-order valence-corrected chi connectivity index (χ1v) is 11.7. The van der Waals surface area contributed by atoms with Crippen molar-refractivity contribution in [3.63, 3.8) is 0 Å². The van der Waals surface area contributed by atoms with Crippen molar-refractivity contribution in [3.8, 4) is 0 Å². The summed E-state index contributed by atoms with van der Waals surface area (Å²) in [6, 6.07) is 15.5. The monoisotopic (exact) mass is 442 g/mol. The van der Waals surface area contributed by atoms with E-state index < -0.39 is 11.5 Å². The summed E-state index contributed by atoms with van der Waals surface area (Å²) < 4.78 is 5.46. The standard InChI is InChI=1S/C24H30N2O4S/c1-24(2,29)22(27)25-19-9-10-20(21(15-19)31-3)18-11-13-26(14-12-18)23(28)30-16-17-7-5-4-6-8-17/h4-10,15,18,29H,11-14,16H2,1-3H3,(H,25,27). The number of anilines is 1. The van der Waals surface area contributed by atoms with Crippen LogP contribution in [0.25, 0.3) is 0 Å². The smallest absolute Gasteiger partial charge is 0.410 e. The zero-order valence-electron chi connectivity index (χ0n) is 18.3. The summed E-state index contributed by atoms with van der Waals surface area (Å²) in [7, 11) is 0. The molecule has 3 rings (SSSR count). The molecule has 1 heterocycles. The second kappa shape index (κ2) is 10.2. The van der Waals surface area contributed by atoms with Crippen LogP contribution < -0.4 is 5.32 Å². The zero-order valence-corrected chi connectivity index (χ0v) is 19.1. The van der Waals surface area contributed by atoms with Crippen LogP contribution in [-0.4, -0.2) is 47.0 Å². The fourth-order valence-corrected chi connectivity index (χ4v) is 4.31. The molecule has 2 N–H and O–H groups in total. The summed E-state index contributed by atoms with van der Waals surface area (Å²) in [6.07, 6.45) is 3.47. The molecule has 2 aromatic rings. The number of thioether (sulfide) groups is 1. The van der Waals surface area contributed by atoms with Gasteiger partial charge in [-0.1, -0.05) is 36.4 Å². The molecule has 1 aliphatic heterocycles. The Hall–Kier alpha value is -2.51. The Labute approximate surface area is 188 Å². The van der Waals surface area contributed by atoms with E-state index >= 15 is 0 Å². The third-order valence-electron chi connectivity index (χ3n) is 5.45. The topological polar surface area (TPSA) is 78.9 Å². The molecule has 0 aromatic heterocycles. The van der Waals surface area contributed by atoms with E-state index in [2.05, 4.69) is 5.32 Å². The van der Waals surface area contributed by atoms with Gasteiger partial charge in [-0.05, 0) is 62.1 Å². The van der Waals surface area contributed by atoms with Crippen LogP contribution in [0.1, 0.15) is 43.7 Å². The average molecular weight is 443 g/mol. The van der Waals surface area contributed by atoms with Crippen molar-refractivity contribution in [2.75, 3.05) is 24.7 Å². The minimum atomic E-state index is -1.43. The van der Waals surface area contributed by atoms with E-state index in [0.29, 0.717) is 24.7 Å². The predicted molar refractivity (Wildman–Crippen MR) is 123 cm³/mol. The molecule has 2 aromatic carbocycles. The summed E-state index contributed by atoms with van der Waals surface area (Å²) in [5.74, 6) is -0.0886. The van der Waals surface area contributed by atoms with Crippen molar-refractivity contribution in [1.82, 2.24) is 4.90 Å². The number of hydrogen-bond acceptors (Lipinski definition) is 5. The second-order valence-corrected chi connectivity index (χ2v) is 9.12. The fourth-order valence-electron chi connectivity index (χ4n) is 3.59. The molecule has 6 nitrogen and oxygen atoms in total. The summed E-state index contributed by atoms with van der Waals surface area (Å²) >= 11 is 1.63. The third-order valence-corrected chi connectivity index (χ3v) is 6.24. The van der Waals surface area contributed by atoms with Gasteiger partial charge in [-0.2, -0.15) is 0 Å². The van der Waals surface area contributed by atoms with Crippen LogP contribution >= 0.6 is 11.8 Å². The Bertz CT molecular complexity index is 904. The zero-order chi connectivity index (χ0) is 22.4. The van der Waals surface area contributed by atoms with Crippen LogP contribution in [0, 0.1) is 0 Å². The van der Waals surface area contributed by atoms with E-state index in [0.717, 1.165) is 23.3 Å². The van der Waals surface area contributed by atoms with Gasteiger partial charge in [0, 0.05) is 23.7 Å². The number of ether oxygens (including phenoxy) is 1. The van der Waals surface area contributed by atoms with E-state index in [4.69, 9.17) is 4.74 Å². The molecule has 1 fully saturated rings. The number of carbonyl (C=O) groups is 2. The molecule has 0 spiro atoms. The maximum absolute atomic E-state index is 12.4. The summed E-state index contributed by atoms with van der Waals surface area (Å²) in [5.41, 5.74) is 1.44. The highest BCUT2D eigenvalue weighted by molar-refractivity contribution is 7.98. The highest BCUT2D eigenvalue weighted by atomic mass is 32.2. The van der Waals surface area contributed by atoms with Gasteiger partial charge in [-0.15, -0.1) is 11.8 Å². The van der Waals surface area contributed by atoms with Gasteiger partial charge in [-0.25, -0.2) is 4.79 Å². The number of amides is 2. The second-order valence-electron chi connectivity index (χ2n) is 8.27. The Balaban J connectivity index is 1.57.